The minimum Gasteiger partial charge on any atom is -0.494 e. The van der Waals surface area contributed by atoms with Crippen LogP contribution in [-0.2, 0) is 4.79 Å². The molecule has 1 fully saturated rings. The molecule has 3 amide bonds. The van der Waals surface area contributed by atoms with E-state index >= 15 is 0 Å². The van der Waals surface area contributed by atoms with Crippen LogP contribution in [0.15, 0.2) is 53.8 Å². The van der Waals surface area contributed by atoms with E-state index in [0.29, 0.717) is 21.7 Å². The number of urea groups is 1. The molecule has 0 saturated carbocycles. The zero-order valence-corrected chi connectivity index (χ0v) is 19.9. The molecule has 2 aliphatic rings. The fraction of sp³-hybridized carbons (Fsp3) is 0.208. The summed E-state index contributed by atoms with van der Waals surface area (Å²) in [6.45, 7) is 0.0796. The van der Waals surface area contributed by atoms with Gasteiger partial charge in [-0.3, -0.25) is 19.7 Å². The number of carbonyl (C=O) groups excluding carboxylic acids is 2. The monoisotopic (exact) mass is 509 g/mol. The Balaban J connectivity index is 1.59. The minimum absolute atomic E-state index is 0.0187. The molecule has 1 aromatic heterocycles. The molecule has 0 spiro atoms. The number of hydrogen-bond acceptors (Lipinski definition) is 7. The third-order valence-corrected chi connectivity index (χ3v) is 7.36. The summed E-state index contributed by atoms with van der Waals surface area (Å²) in [5, 5.41) is 10.3. The summed E-state index contributed by atoms with van der Waals surface area (Å²) in [5.41, 5.74) is 0.747. The van der Waals surface area contributed by atoms with E-state index < -0.39 is 29.2 Å². The van der Waals surface area contributed by atoms with Crippen LogP contribution in [0.2, 0.25) is 5.02 Å². The van der Waals surface area contributed by atoms with Crippen LogP contribution in [0.4, 0.5) is 14.9 Å². The van der Waals surface area contributed by atoms with Crippen LogP contribution in [0.5, 0.6) is 5.75 Å². The lowest BCUT2D eigenvalue weighted by atomic mass is 10.1. The molecule has 2 unspecified atom stereocenters. The highest BCUT2D eigenvalue weighted by atomic mass is 35.5. The molecule has 2 aromatic carbocycles. The number of anilines is 1. The van der Waals surface area contributed by atoms with Gasteiger partial charge in [0.2, 0.25) is 0 Å². The molecule has 0 bridgehead atoms. The second-order valence-corrected chi connectivity index (χ2v) is 9.33. The summed E-state index contributed by atoms with van der Waals surface area (Å²) >= 11 is 7.43. The topological polar surface area (TPSA) is 98.9 Å². The number of benzene rings is 2. The molecule has 8 nitrogen and oxygen atoms in total. The van der Waals surface area contributed by atoms with Gasteiger partial charge in [-0.15, -0.1) is 0 Å². The van der Waals surface area contributed by atoms with Crippen LogP contribution in [0, 0.1) is 17.1 Å². The second-order valence-electron chi connectivity index (χ2n) is 7.79. The van der Waals surface area contributed by atoms with Crippen molar-refractivity contribution in [2.75, 3.05) is 18.6 Å². The Kier molecular flexibility index (Phi) is 6.05. The number of imide groups is 1. The largest absolute Gasteiger partial charge is 0.494 e. The van der Waals surface area contributed by atoms with Crippen molar-refractivity contribution in [1.82, 2.24) is 9.88 Å². The molecule has 3 heterocycles. The molecular formula is C24H17ClFN5O3S. The number of pyridine rings is 1. The van der Waals surface area contributed by atoms with Crippen molar-refractivity contribution < 1.29 is 18.7 Å². The maximum atomic E-state index is 14.1. The molecule has 2 aliphatic heterocycles. The smallest absolute Gasteiger partial charge is 0.333 e. The van der Waals surface area contributed by atoms with E-state index in [-0.39, 0.29) is 23.7 Å². The van der Waals surface area contributed by atoms with E-state index in [4.69, 9.17) is 21.6 Å². The van der Waals surface area contributed by atoms with Gasteiger partial charge in [0.05, 0.1) is 36.5 Å². The number of nitriles is 1. The highest BCUT2D eigenvalue weighted by Gasteiger charge is 2.51. The number of rotatable bonds is 5. The van der Waals surface area contributed by atoms with Crippen molar-refractivity contribution in [3.8, 4) is 11.8 Å². The first kappa shape index (κ1) is 23.1. The van der Waals surface area contributed by atoms with Gasteiger partial charge in [-0.1, -0.05) is 47.6 Å². The quantitative estimate of drug-likeness (QED) is 0.498. The van der Waals surface area contributed by atoms with Crippen LogP contribution < -0.4 is 9.64 Å². The van der Waals surface area contributed by atoms with Crippen LogP contribution >= 0.6 is 23.4 Å². The number of fused-ring (bicyclic) bond motifs is 2. The number of methoxy groups -OCH3 is 1. The van der Waals surface area contributed by atoms with Gasteiger partial charge in [-0.25, -0.2) is 14.1 Å². The average molecular weight is 510 g/mol. The van der Waals surface area contributed by atoms with Crippen molar-refractivity contribution in [2.24, 2.45) is 4.99 Å². The van der Waals surface area contributed by atoms with E-state index in [0.717, 1.165) is 28.1 Å². The van der Waals surface area contributed by atoms with Crippen molar-refractivity contribution in [3.63, 3.8) is 0 Å². The third kappa shape index (κ3) is 3.87. The fourth-order valence-corrected chi connectivity index (χ4v) is 5.69. The number of carbonyl (C=O) groups is 2. The van der Waals surface area contributed by atoms with E-state index in [1.165, 1.54) is 24.3 Å². The molecule has 0 N–H and O–H groups in total. The van der Waals surface area contributed by atoms with Crippen molar-refractivity contribution in [1.29, 1.82) is 5.26 Å². The molecule has 5 rings (SSSR count). The Morgan fingerprint density at radius 3 is 2.83 bits per heavy atom. The summed E-state index contributed by atoms with van der Waals surface area (Å²) in [4.78, 5) is 38.6. The van der Waals surface area contributed by atoms with E-state index in [9.17, 15) is 14.0 Å². The van der Waals surface area contributed by atoms with Gasteiger partial charge in [0.15, 0.2) is 11.6 Å². The van der Waals surface area contributed by atoms with E-state index in [1.807, 2.05) is 30.3 Å². The summed E-state index contributed by atoms with van der Waals surface area (Å²) in [7, 11) is 1.33. The Hall–Kier alpha value is -3.68. The number of amides is 3. The number of halogens is 2. The number of thioether (sulfide) groups is 1. The van der Waals surface area contributed by atoms with Gasteiger partial charge in [-0.2, -0.15) is 5.26 Å². The molecular weight excluding hydrogens is 493 g/mol. The van der Waals surface area contributed by atoms with Gasteiger partial charge in [0, 0.05) is 29.1 Å². The van der Waals surface area contributed by atoms with E-state index in [2.05, 4.69) is 9.98 Å². The molecule has 0 radical (unpaired) electrons. The van der Waals surface area contributed by atoms with Crippen LogP contribution in [-0.4, -0.2) is 51.9 Å². The second kappa shape index (κ2) is 9.17. The molecule has 2 atom stereocenters. The molecule has 3 aromatic rings. The maximum absolute atomic E-state index is 14.1. The summed E-state index contributed by atoms with van der Waals surface area (Å²) < 4.78 is 19.2. The maximum Gasteiger partial charge on any atom is 0.333 e. The highest BCUT2D eigenvalue weighted by Crippen LogP contribution is 2.41. The summed E-state index contributed by atoms with van der Waals surface area (Å²) in [6.07, 6.45) is 2.36. The van der Waals surface area contributed by atoms with Crippen LogP contribution in [0.3, 0.4) is 0 Å². The van der Waals surface area contributed by atoms with Gasteiger partial charge >= 0.3 is 6.03 Å². The number of nitrogens with zero attached hydrogens (tertiary/aromatic N) is 5. The lowest BCUT2D eigenvalue weighted by Crippen LogP contribution is -2.62. The van der Waals surface area contributed by atoms with Gasteiger partial charge < -0.3 is 4.74 Å². The fourth-order valence-electron chi connectivity index (χ4n) is 4.15. The van der Waals surface area contributed by atoms with Crippen molar-refractivity contribution in [2.45, 2.75) is 17.8 Å². The van der Waals surface area contributed by atoms with E-state index in [1.54, 1.807) is 6.20 Å². The molecule has 35 heavy (non-hydrogen) atoms. The standard InChI is InChI=1S/C24H17ClFN5O3S/c1-34-19-9-15(16(25)10-17(19)26)22-29-21-20(35-22)23(32)31(24(33)30(21)8-4-7-27)18-12-28-11-13-5-2-3-6-14(13)18/h2-3,5-6,9-12,20-21H,4,8H2,1H3. The predicted molar refractivity (Wildman–Crippen MR) is 131 cm³/mol. The number of aromatic nitrogens is 1. The first-order valence-electron chi connectivity index (χ1n) is 10.6. The predicted octanol–water partition coefficient (Wildman–Crippen LogP) is 4.61. The van der Waals surface area contributed by atoms with Gasteiger partial charge in [-0.05, 0) is 12.1 Å². The third-order valence-electron chi connectivity index (χ3n) is 5.80. The number of aliphatic imine (C=N–C) groups is 1. The number of hydrogen-bond donors (Lipinski definition) is 0. The summed E-state index contributed by atoms with van der Waals surface area (Å²) in [6, 6.07) is 11.3. The first-order chi connectivity index (χ1) is 16.9. The Morgan fingerprint density at radius 1 is 1.26 bits per heavy atom. The Morgan fingerprint density at radius 2 is 2.06 bits per heavy atom. The molecule has 176 valence electrons. The first-order valence-corrected chi connectivity index (χ1v) is 11.8. The SMILES string of the molecule is COc1cc(C2=NC3C(S2)C(=O)N(c2cncc4ccccc24)C(=O)N3CCC#N)c(Cl)cc1F. The number of ether oxygens (including phenoxy) is 1. The van der Waals surface area contributed by atoms with Crippen molar-refractivity contribution in [3.05, 3.63) is 65.2 Å². The molecule has 0 aliphatic carbocycles. The minimum atomic E-state index is -0.838. The van der Waals surface area contributed by atoms with Gasteiger partial charge in [0.25, 0.3) is 5.91 Å². The van der Waals surface area contributed by atoms with Crippen molar-refractivity contribution >= 4 is 56.8 Å². The average Bonchev–Trinajstić information content (AvgIpc) is 3.29. The zero-order chi connectivity index (χ0) is 24.7. The zero-order valence-electron chi connectivity index (χ0n) is 18.3. The molecule has 11 heteroatoms. The molecule has 1 saturated heterocycles. The van der Waals surface area contributed by atoms with Crippen LogP contribution in [0.1, 0.15) is 12.0 Å². The Labute approximate surface area is 208 Å². The van der Waals surface area contributed by atoms with Gasteiger partial charge in [0.1, 0.15) is 16.5 Å². The highest BCUT2D eigenvalue weighted by molar-refractivity contribution is 8.15. The lowest BCUT2D eigenvalue weighted by Gasteiger charge is -2.40. The Bertz CT molecular complexity index is 1440. The van der Waals surface area contributed by atoms with Crippen LogP contribution in [0.25, 0.3) is 10.8 Å². The lowest BCUT2D eigenvalue weighted by molar-refractivity contribution is -0.119. The normalized spacial score (nSPS) is 19.5. The summed E-state index contributed by atoms with van der Waals surface area (Å²) in [5.74, 6) is -1.10.